The van der Waals surface area contributed by atoms with Crippen LogP contribution in [-0.4, -0.2) is 31.3 Å². The Morgan fingerprint density at radius 1 is 1.15 bits per heavy atom. The Labute approximate surface area is 154 Å². The fourth-order valence-electron chi connectivity index (χ4n) is 2.29. The maximum Gasteiger partial charge on any atom is 0.269 e. The summed E-state index contributed by atoms with van der Waals surface area (Å²) in [6.07, 6.45) is 0. The van der Waals surface area contributed by atoms with E-state index in [4.69, 9.17) is 26.4 Å². The van der Waals surface area contributed by atoms with Crippen molar-refractivity contribution in [3.8, 4) is 17.2 Å². The second kappa shape index (κ2) is 7.87. The van der Waals surface area contributed by atoms with E-state index in [0.717, 1.165) is 0 Å². The number of hydrazine groups is 1. The molecule has 2 aromatic carbocycles. The van der Waals surface area contributed by atoms with Gasteiger partial charge in [-0.1, -0.05) is 0 Å². The molecule has 1 amide bonds. The third-order valence-corrected chi connectivity index (χ3v) is 3.69. The highest BCUT2D eigenvalue weighted by Crippen LogP contribution is 2.40. The molecule has 0 radical (unpaired) electrons. The smallest absolute Gasteiger partial charge is 0.269 e. The topological polar surface area (TPSA) is 80.9 Å². The van der Waals surface area contributed by atoms with Crippen molar-refractivity contribution in [1.82, 2.24) is 10.9 Å². The Kier molecular flexibility index (Phi) is 5.37. The van der Waals surface area contributed by atoms with Crippen molar-refractivity contribution in [2.24, 2.45) is 0 Å². The van der Waals surface area contributed by atoms with Gasteiger partial charge in [-0.3, -0.25) is 15.6 Å². The molecular formula is C17H16FN3O4S. The van der Waals surface area contributed by atoms with E-state index in [-0.39, 0.29) is 10.9 Å². The van der Waals surface area contributed by atoms with Crippen molar-refractivity contribution in [2.75, 3.05) is 25.6 Å². The van der Waals surface area contributed by atoms with Crippen LogP contribution in [0.3, 0.4) is 0 Å². The van der Waals surface area contributed by atoms with E-state index in [1.165, 1.54) is 31.4 Å². The number of hydrogen-bond acceptors (Lipinski definition) is 5. The fourth-order valence-corrected chi connectivity index (χ4v) is 2.45. The standard InChI is InChI=1S/C17H16FN3O4S/c1-23-13-8-10(9-14-15(13)25-7-6-24-14)16(22)20-21-17(26)19-12-4-2-11(18)3-5-12/h2-5,8-9H,6-7H2,1H3,(H,20,22)(H2,19,21,26). The van der Waals surface area contributed by atoms with E-state index >= 15 is 0 Å². The number of thiocarbonyl (C=S) groups is 1. The molecule has 0 bridgehead atoms. The van der Waals surface area contributed by atoms with Crippen molar-refractivity contribution >= 4 is 28.9 Å². The van der Waals surface area contributed by atoms with Gasteiger partial charge in [-0.05, 0) is 48.6 Å². The van der Waals surface area contributed by atoms with Crippen molar-refractivity contribution in [3.63, 3.8) is 0 Å². The quantitative estimate of drug-likeness (QED) is 0.559. The van der Waals surface area contributed by atoms with Crippen LogP contribution in [0, 0.1) is 5.82 Å². The molecule has 1 heterocycles. The van der Waals surface area contributed by atoms with E-state index in [1.54, 1.807) is 12.1 Å². The minimum Gasteiger partial charge on any atom is -0.493 e. The average Bonchev–Trinajstić information content (AvgIpc) is 2.67. The minimum atomic E-state index is -0.441. The lowest BCUT2D eigenvalue weighted by molar-refractivity contribution is 0.0942. The SMILES string of the molecule is COc1cc(C(=O)NNC(=S)Nc2ccc(F)cc2)cc2c1OCCO2. The summed E-state index contributed by atoms with van der Waals surface area (Å²) in [6.45, 7) is 0.810. The van der Waals surface area contributed by atoms with E-state index in [9.17, 15) is 9.18 Å². The largest absolute Gasteiger partial charge is 0.493 e. The highest BCUT2D eigenvalue weighted by atomic mass is 32.1. The van der Waals surface area contributed by atoms with Gasteiger partial charge in [0.15, 0.2) is 16.6 Å². The van der Waals surface area contributed by atoms with Gasteiger partial charge in [0.1, 0.15) is 19.0 Å². The molecule has 0 spiro atoms. The van der Waals surface area contributed by atoms with Crippen LogP contribution in [0.15, 0.2) is 36.4 Å². The molecular weight excluding hydrogens is 361 g/mol. The molecule has 136 valence electrons. The molecule has 9 heteroatoms. The molecule has 26 heavy (non-hydrogen) atoms. The monoisotopic (exact) mass is 377 g/mol. The van der Waals surface area contributed by atoms with Gasteiger partial charge in [-0.25, -0.2) is 4.39 Å². The molecule has 0 saturated heterocycles. The van der Waals surface area contributed by atoms with Crippen LogP contribution >= 0.6 is 12.2 Å². The number of halogens is 1. The lowest BCUT2D eigenvalue weighted by atomic mass is 10.1. The van der Waals surface area contributed by atoms with Gasteiger partial charge >= 0.3 is 0 Å². The summed E-state index contributed by atoms with van der Waals surface area (Å²) in [6, 6.07) is 8.75. The molecule has 2 aromatic rings. The van der Waals surface area contributed by atoms with Gasteiger partial charge in [0.2, 0.25) is 5.75 Å². The number of anilines is 1. The zero-order chi connectivity index (χ0) is 18.5. The van der Waals surface area contributed by atoms with Crippen LogP contribution in [0.25, 0.3) is 0 Å². The summed E-state index contributed by atoms with van der Waals surface area (Å²) >= 11 is 5.08. The Morgan fingerprint density at radius 3 is 2.62 bits per heavy atom. The summed E-state index contributed by atoms with van der Waals surface area (Å²) < 4.78 is 29.1. The summed E-state index contributed by atoms with van der Waals surface area (Å²) in [5.74, 6) is 0.516. The van der Waals surface area contributed by atoms with Crippen LogP contribution in [0.2, 0.25) is 0 Å². The Morgan fingerprint density at radius 2 is 1.88 bits per heavy atom. The maximum atomic E-state index is 12.9. The molecule has 0 unspecified atom stereocenters. The maximum absolute atomic E-state index is 12.9. The number of nitrogens with one attached hydrogen (secondary N) is 3. The van der Waals surface area contributed by atoms with Gasteiger partial charge in [-0.15, -0.1) is 0 Å². The Bertz CT molecular complexity index is 812. The lowest BCUT2D eigenvalue weighted by Crippen LogP contribution is -2.43. The highest BCUT2D eigenvalue weighted by Gasteiger charge is 2.21. The first-order valence-corrected chi connectivity index (χ1v) is 8.08. The number of benzene rings is 2. The molecule has 0 fully saturated rings. The molecule has 7 nitrogen and oxygen atoms in total. The summed E-state index contributed by atoms with van der Waals surface area (Å²) in [4.78, 5) is 12.3. The zero-order valence-corrected chi connectivity index (χ0v) is 14.6. The molecule has 0 saturated carbocycles. The van der Waals surface area contributed by atoms with Crippen LogP contribution in [-0.2, 0) is 0 Å². The number of hydrogen-bond donors (Lipinski definition) is 3. The molecule has 3 rings (SSSR count). The lowest BCUT2D eigenvalue weighted by Gasteiger charge is -2.21. The number of methoxy groups -OCH3 is 1. The molecule has 0 aliphatic carbocycles. The normalized spacial score (nSPS) is 12.1. The molecule has 0 atom stereocenters. The van der Waals surface area contributed by atoms with Gasteiger partial charge in [-0.2, -0.15) is 0 Å². The van der Waals surface area contributed by atoms with Crippen LogP contribution < -0.4 is 30.4 Å². The number of carbonyl (C=O) groups excluding carboxylic acids is 1. The first kappa shape index (κ1) is 17.7. The second-order valence-corrected chi connectivity index (χ2v) is 5.65. The second-order valence-electron chi connectivity index (χ2n) is 5.24. The predicted molar refractivity (Wildman–Crippen MR) is 97.2 cm³/mol. The van der Waals surface area contributed by atoms with Gasteiger partial charge in [0, 0.05) is 11.3 Å². The third kappa shape index (κ3) is 4.12. The van der Waals surface area contributed by atoms with Crippen molar-refractivity contribution < 1.29 is 23.4 Å². The van der Waals surface area contributed by atoms with Crippen LogP contribution in [0.4, 0.5) is 10.1 Å². The zero-order valence-electron chi connectivity index (χ0n) is 13.8. The predicted octanol–water partition coefficient (Wildman–Crippen LogP) is 2.24. The van der Waals surface area contributed by atoms with Gasteiger partial charge < -0.3 is 19.5 Å². The first-order chi connectivity index (χ1) is 12.6. The molecule has 1 aliphatic rings. The summed E-state index contributed by atoms with van der Waals surface area (Å²) in [7, 11) is 1.48. The number of ether oxygens (including phenoxy) is 3. The van der Waals surface area contributed by atoms with E-state index < -0.39 is 5.91 Å². The van der Waals surface area contributed by atoms with Crippen LogP contribution in [0.5, 0.6) is 17.2 Å². The Balaban J connectivity index is 1.62. The number of carbonyl (C=O) groups is 1. The fraction of sp³-hybridized carbons (Fsp3) is 0.176. The molecule has 0 aromatic heterocycles. The van der Waals surface area contributed by atoms with Crippen molar-refractivity contribution in [2.45, 2.75) is 0 Å². The van der Waals surface area contributed by atoms with E-state index in [1.807, 2.05) is 0 Å². The number of fused-ring (bicyclic) bond motifs is 1. The van der Waals surface area contributed by atoms with E-state index in [2.05, 4.69) is 16.2 Å². The number of rotatable bonds is 3. The van der Waals surface area contributed by atoms with Gasteiger partial charge in [0.05, 0.1) is 7.11 Å². The average molecular weight is 377 g/mol. The summed E-state index contributed by atoms with van der Waals surface area (Å²) in [5, 5.41) is 2.97. The highest BCUT2D eigenvalue weighted by molar-refractivity contribution is 7.80. The van der Waals surface area contributed by atoms with Crippen LogP contribution in [0.1, 0.15) is 10.4 Å². The van der Waals surface area contributed by atoms with Crippen molar-refractivity contribution in [1.29, 1.82) is 0 Å². The van der Waals surface area contributed by atoms with E-state index in [0.29, 0.717) is 41.7 Å². The first-order valence-electron chi connectivity index (χ1n) is 7.67. The minimum absolute atomic E-state index is 0.148. The molecule has 1 aliphatic heterocycles. The Hall–Kier alpha value is -3.07. The van der Waals surface area contributed by atoms with Crippen molar-refractivity contribution in [3.05, 3.63) is 47.8 Å². The molecule has 3 N–H and O–H groups in total. The van der Waals surface area contributed by atoms with Gasteiger partial charge in [0.25, 0.3) is 5.91 Å². The third-order valence-electron chi connectivity index (χ3n) is 3.48. The number of amides is 1. The summed E-state index contributed by atoms with van der Waals surface area (Å²) in [5.41, 5.74) is 5.94.